The van der Waals surface area contributed by atoms with Gasteiger partial charge in [0.1, 0.15) is 18.1 Å². The molecular weight excluding hydrogens is 411 g/mol. The van der Waals surface area contributed by atoms with Crippen molar-refractivity contribution in [2.45, 2.75) is 70.7 Å². The quantitative estimate of drug-likeness (QED) is 0.617. The summed E-state index contributed by atoms with van der Waals surface area (Å²) in [7, 11) is 1.76. The zero-order valence-corrected chi connectivity index (χ0v) is 19.0. The fourth-order valence-corrected chi connectivity index (χ4v) is 4.88. The Balaban J connectivity index is 1.45. The number of carbonyl (C=O) groups excluding carboxylic acids is 2. The first kappa shape index (κ1) is 22.3. The van der Waals surface area contributed by atoms with E-state index in [1.54, 1.807) is 29.0 Å². The second kappa shape index (κ2) is 8.92. The lowest BCUT2D eigenvalue weighted by molar-refractivity contribution is -0.188. The summed E-state index contributed by atoms with van der Waals surface area (Å²) in [5, 5.41) is 4.44. The van der Waals surface area contributed by atoms with Gasteiger partial charge in [0.15, 0.2) is 6.10 Å². The molecule has 2 aromatic rings. The van der Waals surface area contributed by atoms with E-state index in [-0.39, 0.29) is 24.2 Å². The van der Waals surface area contributed by atoms with Crippen molar-refractivity contribution in [3.05, 3.63) is 47.5 Å². The maximum atomic E-state index is 13.3. The highest BCUT2D eigenvalue weighted by Gasteiger charge is 2.62. The van der Waals surface area contributed by atoms with E-state index in [4.69, 9.17) is 4.74 Å². The van der Waals surface area contributed by atoms with Crippen LogP contribution in [0.15, 0.2) is 30.5 Å². The van der Waals surface area contributed by atoms with Gasteiger partial charge in [-0.15, -0.1) is 0 Å². The molecule has 1 atom stereocenters. The molecule has 1 aliphatic heterocycles. The minimum absolute atomic E-state index is 0.0412. The van der Waals surface area contributed by atoms with Gasteiger partial charge in [-0.3, -0.25) is 14.3 Å². The number of rotatable bonds is 7. The van der Waals surface area contributed by atoms with Gasteiger partial charge in [0, 0.05) is 31.9 Å². The normalized spacial score (nSPS) is 19.7. The highest BCUT2D eigenvalue weighted by Crippen LogP contribution is 2.45. The van der Waals surface area contributed by atoms with Gasteiger partial charge in [0.2, 0.25) is 5.91 Å². The number of nitrogens with zero attached hydrogens (tertiary/aromatic N) is 4. The molecule has 1 aromatic carbocycles. The minimum Gasteiger partial charge on any atom is -0.478 e. The Morgan fingerprint density at radius 1 is 1.25 bits per heavy atom. The van der Waals surface area contributed by atoms with E-state index in [0.29, 0.717) is 12.3 Å². The molecule has 0 N–H and O–H groups in total. The van der Waals surface area contributed by atoms with Gasteiger partial charge in [-0.1, -0.05) is 19.3 Å². The first-order chi connectivity index (χ1) is 15.3. The van der Waals surface area contributed by atoms with E-state index < -0.39 is 11.6 Å². The predicted octanol–water partition coefficient (Wildman–Crippen LogP) is 3.30. The summed E-state index contributed by atoms with van der Waals surface area (Å²) in [4.78, 5) is 29.5. The van der Waals surface area contributed by atoms with E-state index >= 15 is 0 Å². The van der Waals surface area contributed by atoms with Crippen LogP contribution in [0.25, 0.3) is 0 Å². The number of halogens is 1. The van der Waals surface area contributed by atoms with Crippen molar-refractivity contribution in [1.29, 1.82) is 0 Å². The molecule has 4 rings (SSSR count). The highest BCUT2D eigenvalue weighted by molar-refractivity contribution is 5.94. The van der Waals surface area contributed by atoms with E-state index in [2.05, 4.69) is 5.10 Å². The second-order valence-electron chi connectivity index (χ2n) is 8.89. The van der Waals surface area contributed by atoms with Crippen LogP contribution in [0.5, 0.6) is 5.75 Å². The van der Waals surface area contributed by atoms with Crippen LogP contribution in [0.1, 0.15) is 50.3 Å². The molecule has 1 aromatic heterocycles. The van der Waals surface area contributed by atoms with Gasteiger partial charge in [0.05, 0.1) is 11.2 Å². The van der Waals surface area contributed by atoms with Gasteiger partial charge in [0.25, 0.3) is 5.91 Å². The summed E-state index contributed by atoms with van der Waals surface area (Å²) in [5.74, 6) is -0.152. The van der Waals surface area contributed by atoms with Gasteiger partial charge in [-0.25, -0.2) is 4.39 Å². The molecule has 2 aliphatic rings. The molecule has 8 heteroatoms. The molecule has 1 spiro atoms. The number of benzene rings is 1. The zero-order valence-electron chi connectivity index (χ0n) is 19.0. The van der Waals surface area contributed by atoms with Crippen molar-refractivity contribution >= 4 is 11.8 Å². The van der Waals surface area contributed by atoms with Gasteiger partial charge in [-0.05, 0) is 51.0 Å². The average Bonchev–Trinajstić information content (AvgIpc) is 3.16. The summed E-state index contributed by atoms with van der Waals surface area (Å²) in [5.41, 5.74) is 1.44. The average molecular weight is 443 g/mol. The number of hydrogen-bond donors (Lipinski definition) is 0. The zero-order chi connectivity index (χ0) is 22.9. The Kier molecular flexibility index (Phi) is 6.22. The Morgan fingerprint density at radius 2 is 1.94 bits per heavy atom. The van der Waals surface area contributed by atoms with Gasteiger partial charge >= 0.3 is 0 Å². The lowest BCUT2D eigenvalue weighted by atomic mass is 9.70. The number of likely N-dealkylation sites (N-methyl/N-ethyl adjacent to an activating group) is 1. The van der Waals surface area contributed by atoms with Gasteiger partial charge in [-0.2, -0.15) is 5.10 Å². The Labute approximate surface area is 188 Å². The summed E-state index contributed by atoms with van der Waals surface area (Å²) >= 11 is 0. The third kappa shape index (κ3) is 4.10. The van der Waals surface area contributed by atoms with Crippen LogP contribution in [-0.4, -0.2) is 56.6 Å². The Bertz CT molecular complexity index is 982. The molecule has 2 fully saturated rings. The number of amides is 2. The summed E-state index contributed by atoms with van der Waals surface area (Å²) < 4.78 is 21.1. The van der Waals surface area contributed by atoms with Crippen molar-refractivity contribution in [2.75, 3.05) is 13.6 Å². The largest absolute Gasteiger partial charge is 0.478 e. The maximum Gasteiger partial charge on any atom is 0.267 e. The van der Waals surface area contributed by atoms with Crippen LogP contribution in [-0.2, 0) is 22.7 Å². The molecule has 0 bridgehead atoms. The molecule has 1 aliphatic carbocycles. The second-order valence-corrected chi connectivity index (χ2v) is 8.89. The maximum absolute atomic E-state index is 13.3. The number of β-lactam (4-membered cyclic amide) rings is 1. The summed E-state index contributed by atoms with van der Waals surface area (Å²) in [6.45, 7) is 5.23. The molecule has 0 radical (unpaired) electrons. The summed E-state index contributed by atoms with van der Waals surface area (Å²) in [6.07, 6.45) is 6.05. The molecule has 7 nitrogen and oxygen atoms in total. The predicted molar refractivity (Wildman–Crippen MR) is 117 cm³/mol. The van der Waals surface area contributed by atoms with E-state index in [1.807, 2.05) is 24.7 Å². The Hall–Kier alpha value is -2.90. The monoisotopic (exact) mass is 442 g/mol. The molecule has 2 amide bonds. The summed E-state index contributed by atoms with van der Waals surface area (Å²) in [6, 6.07) is 5.73. The fourth-order valence-electron chi connectivity index (χ4n) is 4.88. The molecule has 172 valence electrons. The van der Waals surface area contributed by atoms with Crippen molar-refractivity contribution < 1.29 is 18.7 Å². The highest BCUT2D eigenvalue weighted by atomic mass is 19.1. The van der Waals surface area contributed by atoms with Crippen LogP contribution >= 0.6 is 0 Å². The molecular formula is C24H31FN4O3. The number of ether oxygens (including phenoxy) is 1. The topological polar surface area (TPSA) is 67.7 Å². The van der Waals surface area contributed by atoms with Crippen LogP contribution < -0.4 is 4.74 Å². The Morgan fingerprint density at radius 3 is 2.56 bits per heavy atom. The standard InChI is InChI=1S/C24H31FN4O3/c1-4-28-15-18(17(2)26-28)14-27(3)21(30)16-29-23(31)22(24(29)12-6-5-7-13-24)32-20-10-8-19(25)9-11-20/h8-11,15,22H,4-7,12-14,16H2,1-3H3. The fraction of sp³-hybridized carbons (Fsp3) is 0.542. The van der Waals surface area contributed by atoms with Crippen molar-refractivity contribution in [3.63, 3.8) is 0 Å². The third-order valence-corrected chi connectivity index (χ3v) is 6.80. The smallest absolute Gasteiger partial charge is 0.267 e. The molecule has 1 saturated heterocycles. The number of aromatic nitrogens is 2. The van der Waals surface area contributed by atoms with Crippen LogP contribution in [0, 0.1) is 12.7 Å². The lowest BCUT2D eigenvalue weighted by Crippen LogP contribution is -2.77. The van der Waals surface area contributed by atoms with Crippen LogP contribution in [0.2, 0.25) is 0 Å². The van der Waals surface area contributed by atoms with Crippen molar-refractivity contribution in [3.8, 4) is 5.75 Å². The van der Waals surface area contributed by atoms with E-state index in [0.717, 1.165) is 49.9 Å². The number of hydrogen-bond acceptors (Lipinski definition) is 4. The minimum atomic E-state index is -0.628. The van der Waals surface area contributed by atoms with Crippen molar-refractivity contribution in [1.82, 2.24) is 19.6 Å². The van der Waals surface area contributed by atoms with Crippen LogP contribution in [0.3, 0.4) is 0 Å². The molecule has 32 heavy (non-hydrogen) atoms. The molecule has 1 saturated carbocycles. The van der Waals surface area contributed by atoms with Crippen LogP contribution in [0.4, 0.5) is 4.39 Å². The third-order valence-electron chi connectivity index (χ3n) is 6.80. The number of likely N-dealkylation sites (tertiary alicyclic amines) is 1. The first-order valence-electron chi connectivity index (χ1n) is 11.3. The molecule has 2 heterocycles. The SMILES string of the molecule is CCn1cc(CN(C)C(=O)CN2C(=O)C(Oc3ccc(F)cc3)C23CCCCC3)c(C)n1. The molecule has 1 unspecified atom stereocenters. The van der Waals surface area contributed by atoms with Gasteiger partial charge < -0.3 is 14.5 Å². The number of carbonyl (C=O) groups is 2. The van der Waals surface area contributed by atoms with E-state index in [1.165, 1.54) is 12.1 Å². The van der Waals surface area contributed by atoms with Crippen molar-refractivity contribution in [2.24, 2.45) is 0 Å². The van der Waals surface area contributed by atoms with E-state index in [9.17, 15) is 14.0 Å². The first-order valence-corrected chi connectivity index (χ1v) is 11.3. The lowest BCUT2D eigenvalue weighted by Gasteiger charge is -2.58. The number of aryl methyl sites for hydroxylation is 2.